The van der Waals surface area contributed by atoms with E-state index in [1.807, 2.05) is 6.07 Å². The number of para-hydroxylation sites is 1. The number of halogens is 1. The number of ether oxygens (including phenoxy) is 1. The lowest BCUT2D eigenvalue weighted by Crippen LogP contribution is -2.10. The number of carbonyl (C=O) groups excluding carboxylic acids is 1. The highest BCUT2D eigenvalue weighted by atomic mass is 79.9. The van der Waals surface area contributed by atoms with Crippen molar-refractivity contribution in [1.29, 1.82) is 5.26 Å². The van der Waals surface area contributed by atoms with Crippen molar-refractivity contribution in [2.75, 3.05) is 0 Å². The molecule has 94 valence electrons. The number of hydrogen-bond acceptors (Lipinski definition) is 3. The zero-order chi connectivity index (χ0) is 13.7. The van der Waals surface area contributed by atoms with E-state index in [4.69, 9.17) is 10.00 Å². The minimum absolute atomic E-state index is 0.191. The predicted octanol–water partition coefficient (Wildman–Crippen LogP) is 3.73. The fourth-order valence-electron chi connectivity index (χ4n) is 1.62. The molecule has 0 atom stereocenters. The molecule has 0 radical (unpaired) electrons. The molecule has 19 heavy (non-hydrogen) atoms. The highest BCUT2D eigenvalue weighted by Gasteiger charge is 2.14. The SMILES string of the molecule is N#CCc1cccc(Br)c1OC(=O)c1ccccc1. The van der Waals surface area contributed by atoms with E-state index in [1.54, 1.807) is 42.5 Å². The molecule has 0 N–H and O–H groups in total. The summed E-state index contributed by atoms with van der Waals surface area (Å²) in [6.07, 6.45) is 0.191. The second-order valence-corrected chi connectivity index (χ2v) is 4.67. The monoisotopic (exact) mass is 315 g/mol. The summed E-state index contributed by atoms with van der Waals surface area (Å²) >= 11 is 3.33. The number of benzene rings is 2. The van der Waals surface area contributed by atoms with E-state index in [1.165, 1.54) is 0 Å². The van der Waals surface area contributed by atoms with Gasteiger partial charge in [-0.25, -0.2) is 4.79 Å². The van der Waals surface area contributed by atoms with Crippen molar-refractivity contribution < 1.29 is 9.53 Å². The van der Waals surface area contributed by atoms with Crippen LogP contribution in [-0.2, 0) is 6.42 Å². The van der Waals surface area contributed by atoms with Gasteiger partial charge in [-0.3, -0.25) is 0 Å². The summed E-state index contributed by atoms with van der Waals surface area (Å²) in [5.74, 6) is -0.0374. The minimum Gasteiger partial charge on any atom is -0.421 e. The van der Waals surface area contributed by atoms with Crippen LogP contribution in [0.1, 0.15) is 15.9 Å². The molecule has 0 amide bonds. The molecule has 0 aromatic heterocycles. The highest BCUT2D eigenvalue weighted by Crippen LogP contribution is 2.30. The van der Waals surface area contributed by atoms with Crippen molar-refractivity contribution in [2.24, 2.45) is 0 Å². The molecule has 0 saturated heterocycles. The first kappa shape index (κ1) is 13.3. The summed E-state index contributed by atoms with van der Waals surface area (Å²) in [6.45, 7) is 0. The smallest absolute Gasteiger partial charge is 0.343 e. The number of hydrogen-bond donors (Lipinski definition) is 0. The van der Waals surface area contributed by atoms with Crippen molar-refractivity contribution in [3.05, 3.63) is 64.1 Å². The van der Waals surface area contributed by atoms with Gasteiger partial charge < -0.3 is 4.74 Å². The maximum absolute atomic E-state index is 12.0. The first-order valence-corrected chi connectivity index (χ1v) is 6.43. The van der Waals surface area contributed by atoms with Gasteiger partial charge in [0.15, 0.2) is 0 Å². The molecule has 2 aromatic carbocycles. The summed E-state index contributed by atoms with van der Waals surface area (Å²) in [5.41, 5.74) is 1.15. The topological polar surface area (TPSA) is 50.1 Å². The average Bonchev–Trinajstić information content (AvgIpc) is 2.44. The number of rotatable bonds is 3. The van der Waals surface area contributed by atoms with Crippen LogP contribution in [0.2, 0.25) is 0 Å². The van der Waals surface area contributed by atoms with E-state index >= 15 is 0 Å². The van der Waals surface area contributed by atoms with Gasteiger partial charge in [0.1, 0.15) is 5.75 Å². The number of carbonyl (C=O) groups is 1. The number of nitriles is 1. The lowest BCUT2D eigenvalue weighted by atomic mass is 10.1. The van der Waals surface area contributed by atoms with Crippen molar-refractivity contribution in [3.8, 4) is 11.8 Å². The normalized spacial score (nSPS) is 9.68. The minimum atomic E-state index is -0.438. The second kappa shape index (κ2) is 6.17. The maximum Gasteiger partial charge on any atom is 0.343 e. The van der Waals surface area contributed by atoms with Gasteiger partial charge in [0, 0.05) is 5.56 Å². The Labute approximate surface area is 119 Å². The Morgan fingerprint density at radius 3 is 2.58 bits per heavy atom. The summed E-state index contributed by atoms with van der Waals surface area (Å²) < 4.78 is 6.03. The average molecular weight is 316 g/mol. The van der Waals surface area contributed by atoms with E-state index in [0.29, 0.717) is 21.3 Å². The zero-order valence-corrected chi connectivity index (χ0v) is 11.6. The fourth-order valence-corrected chi connectivity index (χ4v) is 2.11. The van der Waals surface area contributed by atoms with Crippen molar-refractivity contribution in [1.82, 2.24) is 0 Å². The predicted molar refractivity (Wildman–Crippen MR) is 74.9 cm³/mol. The third-order valence-corrected chi connectivity index (χ3v) is 3.15. The number of esters is 1. The molecule has 0 spiro atoms. The molecule has 0 fully saturated rings. The molecule has 0 saturated carbocycles. The quantitative estimate of drug-likeness (QED) is 0.640. The van der Waals surface area contributed by atoms with Gasteiger partial charge in [-0.15, -0.1) is 0 Å². The third kappa shape index (κ3) is 3.21. The first-order chi connectivity index (χ1) is 9.22. The van der Waals surface area contributed by atoms with E-state index in [2.05, 4.69) is 22.0 Å². The third-order valence-electron chi connectivity index (χ3n) is 2.52. The van der Waals surface area contributed by atoms with Crippen LogP contribution < -0.4 is 4.74 Å². The van der Waals surface area contributed by atoms with Crippen LogP contribution in [-0.4, -0.2) is 5.97 Å². The van der Waals surface area contributed by atoms with E-state index < -0.39 is 5.97 Å². The van der Waals surface area contributed by atoms with Gasteiger partial charge >= 0.3 is 5.97 Å². The van der Waals surface area contributed by atoms with Gasteiger partial charge in [0.2, 0.25) is 0 Å². The molecule has 0 aliphatic rings. The van der Waals surface area contributed by atoms with Crippen molar-refractivity contribution in [2.45, 2.75) is 6.42 Å². The molecule has 2 aromatic rings. The molecule has 3 nitrogen and oxygen atoms in total. The van der Waals surface area contributed by atoms with E-state index in [0.717, 1.165) is 0 Å². The van der Waals surface area contributed by atoms with Gasteiger partial charge in [-0.1, -0.05) is 30.3 Å². The van der Waals surface area contributed by atoms with E-state index in [9.17, 15) is 4.79 Å². The molecule has 2 rings (SSSR count). The summed E-state index contributed by atoms with van der Waals surface area (Å²) in [7, 11) is 0. The van der Waals surface area contributed by atoms with Crippen molar-refractivity contribution in [3.63, 3.8) is 0 Å². The zero-order valence-electron chi connectivity index (χ0n) is 9.97. The summed E-state index contributed by atoms with van der Waals surface area (Å²) in [6, 6.07) is 16.1. The molecule has 0 heterocycles. The highest BCUT2D eigenvalue weighted by molar-refractivity contribution is 9.10. The van der Waals surface area contributed by atoms with Gasteiger partial charge in [-0.05, 0) is 34.1 Å². The molecule has 4 heteroatoms. The van der Waals surface area contributed by atoms with Gasteiger partial charge in [0.25, 0.3) is 0 Å². The Morgan fingerprint density at radius 1 is 1.16 bits per heavy atom. The van der Waals surface area contributed by atoms with Crippen LogP contribution in [0.15, 0.2) is 53.0 Å². The standard InChI is InChI=1S/C15H10BrNO2/c16-13-8-4-7-11(9-10-17)14(13)19-15(18)12-5-2-1-3-6-12/h1-8H,9H2. The van der Waals surface area contributed by atoms with Gasteiger partial charge in [-0.2, -0.15) is 5.26 Å². The van der Waals surface area contributed by atoms with Crippen LogP contribution in [0.4, 0.5) is 0 Å². The summed E-state index contributed by atoms with van der Waals surface area (Å²) in [5, 5.41) is 8.78. The van der Waals surface area contributed by atoms with Crippen LogP contribution >= 0.6 is 15.9 Å². The van der Waals surface area contributed by atoms with Crippen LogP contribution in [0.5, 0.6) is 5.75 Å². The van der Waals surface area contributed by atoms with Crippen molar-refractivity contribution >= 4 is 21.9 Å². The fraction of sp³-hybridized carbons (Fsp3) is 0.0667. The first-order valence-electron chi connectivity index (χ1n) is 5.64. The summed E-state index contributed by atoms with van der Waals surface area (Å²) in [4.78, 5) is 12.0. The Morgan fingerprint density at radius 2 is 1.89 bits per heavy atom. The number of nitrogens with zero attached hydrogens (tertiary/aromatic N) is 1. The van der Waals surface area contributed by atoms with Crippen LogP contribution in [0.25, 0.3) is 0 Å². The Hall–Kier alpha value is -2.12. The molecule has 0 bridgehead atoms. The largest absolute Gasteiger partial charge is 0.421 e. The molecular weight excluding hydrogens is 306 g/mol. The molecule has 0 aliphatic carbocycles. The van der Waals surface area contributed by atoms with E-state index in [-0.39, 0.29) is 6.42 Å². The maximum atomic E-state index is 12.0. The molecule has 0 aliphatic heterocycles. The molecular formula is C15H10BrNO2. The second-order valence-electron chi connectivity index (χ2n) is 3.82. The van der Waals surface area contributed by atoms with Crippen LogP contribution in [0, 0.1) is 11.3 Å². The lowest BCUT2D eigenvalue weighted by Gasteiger charge is -2.10. The van der Waals surface area contributed by atoms with Crippen LogP contribution in [0.3, 0.4) is 0 Å². The van der Waals surface area contributed by atoms with Gasteiger partial charge in [0.05, 0.1) is 22.5 Å². The Kier molecular flexibility index (Phi) is 4.32. The molecule has 0 unspecified atom stereocenters. The Balaban J connectivity index is 2.29. The Bertz CT molecular complexity index is 632. The lowest BCUT2D eigenvalue weighted by molar-refractivity contribution is 0.0732.